The van der Waals surface area contributed by atoms with Crippen LogP contribution in [0.3, 0.4) is 0 Å². The lowest BCUT2D eigenvalue weighted by molar-refractivity contribution is 0.248. The number of aromatic amines is 1. The second-order valence-corrected chi connectivity index (χ2v) is 6.68. The molecule has 0 spiro atoms. The van der Waals surface area contributed by atoms with Crippen molar-refractivity contribution in [2.45, 2.75) is 6.92 Å². The van der Waals surface area contributed by atoms with Crippen LogP contribution in [0.2, 0.25) is 0 Å². The van der Waals surface area contributed by atoms with E-state index in [2.05, 4.69) is 20.2 Å². The Kier molecular flexibility index (Phi) is 5.97. The van der Waals surface area contributed by atoms with E-state index in [1.165, 1.54) is 10.8 Å². The summed E-state index contributed by atoms with van der Waals surface area (Å²) >= 11 is 5.21. The highest BCUT2D eigenvalue weighted by Gasteiger charge is 2.13. The quantitative estimate of drug-likeness (QED) is 0.542. The zero-order valence-corrected chi connectivity index (χ0v) is 15.6. The van der Waals surface area contributed by atoms with Crippen LogP contribution in [-0.2, 0) is 0 Å². The van der Waals surface area contributed by atoms with Gasteiger partial charge in [0.25, 0.3) is 5.56 Å². The third-order valence-electron chi connectivity index (χ3n) is 4.39. The lowest BCUT2D eigenvalue weighted by atomic mass is 10.2. The van der Waals surface area contributed by atoms with Gasteiger partial charge in [-0.1, -0.05) is 17.7 Å². The molecular weight excluding hydrogens is 350 g/mol. The predicted molar refractivity (Wildman–Crippen MR) is 105 cm³/mol. The van der Waals surface area contributed by atoms with Gasteiger partial charge in [0, 0.05) is 38.9 Å². The van der Waals surface area contributed by atoms with Gasteiger partial charge in [0.2, 0.25) is 5.88 Å². The Morgan fingerprint density at radius 3 is 2.65 bits per heavy atom. The fourth-order valence-corrected chi connectivity index (χ4v) is 3.16. The Labute approximate surface area is 157 Å². The minimum absolute atomic E-state index is 0.111. The first-order valence-electron chi connectivity index (χ1n) is 8.64. The molecule has 0 amide bonds. The number of rotatable bonds is 5. The molecule has 0 saturated carbocycles. The summed E-state index contributed by atoms with van der Waals surface area (Å²) in [5.74, 6) is -0.200. The van der Waals surface area contributed by atoms with Crippen LogP contribution < -0.4 is 10.9 Å². The maximum atomic E-state index is 12.2. The molecule has 0 aliphatic carbocycles. The topological polar surface area (TPSA) is 85.7 Å². The molecule has 26 heavy (non-hydrogen) atoms. The second kappa shape index (κ2) is 8.39. The maximum absolute atomic E-state index is 12.2. The van der Waals surface area contributed by atoms with Crippen LogP contribution in [-0.4, -0.2) is 65.0 Å². The van der Waals surface area contributed by atoms with E-state index in [1.54, 1.807) is 0 Å². The molecule has 1 aromatic carbocycles. The number of benzene rings is 1. The standard InChI is InChI=1S/C18H23N5O2S/c1-13-2-4-14(5-3-13)23-17(25)15(16(24)21-18(23)26)12-20-8-11-22-9-6-19-7-10-22/h2-5,12,19,25H,6-11H2,1H3,(H,21,24,26). The summed E-state index contributed by atoms with van der Waals surface area (Å²) in [6, 6.07) is 7.52. The van der Waals surface area contributed by atoms with Crippen molar-refractivity contribution in [1.82, 2.24) is 19.8 Å². The number of aromatic hydroxyl groups is 1. The smallest absolute Gasteiger partial charge is 0.264 e. The molecule has 2 heterocycles. The lowest BCUT2D eigenvalue weighted by Crippen LogP contribution is -2.44. The molecule has 0 atom stereocenters. The molecule has 7 nitrogen and oxygen atoms in total. The number of nitrogens with one attached hydrogen (secondary N) is 2. The number of aromatic nitrogens is 2. The Bertz CT molecular complexity index is 895. The summed E-state index contributed by atoms with van der Waals surface area (Å²) in [6.07, 6.45) is 1.43. The molecule has 0 unspecified atom stereocenters. The number of nitrogens with zero attached hydrogens (tertiary/aromatic N) is 3. The van der Waals surface area contributed by atoms with E-state index in [0.29, 0.717) is 12.2 Å². The fraction of sp³-hybridized carbons (Fsp3) is 0.389. The van der Waals surface area contributed by atoms with Crippen molar-refractivity contribution in [3.05, 3.63) is 50.5 Å². The Morgan fingerprint density at radius 1 is 1.27 bits per heavy atom. The highest BCUT2D eigenvalue weighted by atomic mass is 32.1. The number of aryl methyl sites for hydroxylation is 1. The van der Waals surface area contributed by atoms with E-state index in [4.69, 9.17) is 12.2 Å². The van der Waals surface area contributed by atoms with E-state index in [-0.39, 0.29) is 16.2 Å². The van der Waals surface area contributed by atoms with Gasteiger partial charge in [-0.2, -0.15) is 0 Å². The Hall–Kier alpha value is -2.29. The van der Waals surface area contributed by atoms with Gasteiger partial charge in [-0.25, -0.2) is 0 Å². The average molecular weight is 373 g/mol. The van der Waals surface area contributed by atoms with Crippen LogP contribution in [0.4, 0.5) is 0 Å². The highest BCUT2D eigenvalue weighted by Crippen LogP contribution is 2.18. The maximum Gasteiger partial charge on any atom is 0.264 e. The van der Waals surface area contributed by atoms with Gasteiger partial charge in [0.15, 0.2) is 4.77 Å². The zero-order valence-electron chi connectivity index (χ0n) is 14.7. The summed E-state index contributed by atoms with van der Waals surface area (Å²) in [5, 5.41) is 13.9. The summed E-state index contributed by atoms with van der Waals surface area (Å²) < 4.78 is 1.59. The van der Waals surface area contributed by atoms with Crippen molar-refractivity contribution in [2.24, 2.45) is 4.99 Å². The molecule has 8 heteroatoms. The van der Waals surface area contributed by atoms with E-state index in [0.717, 1.165) is 38.3 Å². The number of hydrogen-bond donors (Lipinski definition) is 3. The van der Waals surface area contributed by atoms with Crippen LogP contribution in [0.5, 0.6) is 5.88 Å². The monoisotopic (exact) mass is 373 g/mol. The third kappa shape index (κ3) is 4.27. The van der Waals surface area contributed by atoms with Crippen molar-refractivity contribution < 1.29 is 5.11 Å². The van der Waals surface area contributed by atoms with Crippen molar-refractivity contribution in [2.75, 3.05) is 39.3 Å². The van der Waals surface area contributed by atoms with Crippen molar-refractivity contribution in [3.8, 4) is 11.6 Å². The van der Waals surface area contributed by atoms with Gasteiger partial charge in [-0.15, -0.1) is 0 Å². The normalized spacial score (nSPS) is 15.6. The summed E-state index contributed by atoms with van der Waals surface area (Å²) in [5.41, 5.74) is 1.45. The molecular formula is C18H23N5O2S. The number of piperazine rings is 1. The molecule has 1 fully saturated rings. The molecule has 2 aromatic rings. The van der Waals surface area contributed by atoms with Crippen molar-refractivity contribution >= 4 is 18.4 Å². The van der Waals surface area contributed by atoms with Gasteiger partial charge < -0.3 is 10.4 Å². The van der Waals surface area contributed by atoms with E-state index in [9.17, 15) is 9.90 Å². The average Bonchev–Trinajstić information content (AvgIpc) is 2.63. The third-order valence-corrected chi connectivity index (χ3v) is 4.67. The molecule has 1 aliphatic rings. The van der Waals surface area contributed by atoms with Crippen LogP contribution >= 0.6 is 12.2 Å². The second-order valence-electron chi connectivity index (χ2n) is 6.29. The fourth-order valence-electron chi connectivity index (χ4n) is 2.88. The van der Waals surface area contributed by atoms with Crippen LogP contribution in [0.15, 0.2) is 34.1 Å². The summed E-state index contributed by atoms with van der Waals surface area (Å²) in [7, 11) is 0. The minimum atomic E-state index is -0.443. The van der Waals surface area contributed by atoms with E-state index >= 15 is 0 Å². The van der Waals surface area contributed by atoms with Crippen molar-refractivity contribution in [1.29, 1.82) is 0 Å². The summed E-state index contributed by atoms with van der Waals surface area (Å²) in [6.45, 7) is 7.35. The molecule has 1 aromatic heterocycles. The summed E-state index contributed by atoms with van der Waals surface area (Å²) in [4.78, 5) is 21.4. The Morgan fingerprint density at radius 2 is 1.96 bits per heavy atom. The number of H-pyrrole nitrogens is 1. The van der Waals surface area contributed by atoms with Crippen LogP contribution in [0.25, 0.3) is 5.69 Å². The van der Waals surface area contributed by atoms with Gasteiger partial charge in [0.05, 0.1) is 12.2 Å². The van der Waals surface area contributed by atoms with Crippen LogP contribution in [0.1, 0.15) is 11.1 Å². The van der Waals surface area contributed by atoms with Crippen LogP contribution in [0, 0.1) is 11.7 Å². The van der Waals surface area contributed by atoms with E-state index < -0.39 is 5.56 Å². The predicted octanol–water partition coefficient (Wildman–Crippen LogP) is 1.23. The SMILES string of the molecule is Cc1ccc(-n2c(O)c(C=NCCN3CCNCC3)c(=O)[nH]c2=S)cc1. The van der Waals surface area contributed by atoms with E-state index in [1.807, 2.05) is 31.2 Å². The molecule has 1 aliphatic heterocycles. The largest absolute Gasteiger partial charge is 0.494 e. The molecule has 0 bridgehead atoms. The molecule has 0 radical (unpaired) electrons. The van der Waals surface area contributed by atoms with Gasteiger partial charge >= 0.3 is 0 Å². The first kappa shape index (κ1) is 18.5. The number of hydrogen-bond acceptors (Lipinski definition) is 6. The number of aliphatic imine (C=N–C) groups is 1. The highest BCUT2D eigenvalue weighted by molar-refractivity contribution is 7.71. The molecule has 138 valence electrons. The zero-order chi connectivity index (χ0) is 18.5. The first-order valence-corrected chi connectivity index (χ1v) is 9.05. The molecule has 3 N–H and O–H groups in total. The first-order chi connectivity index (χ1) is 12.6. The van der Waals surface area contributed by atoms with Gasteiger partial charge in [-0.3, -0.25) is 24.2 Å². The van der Waals surface area contributed by atoms with Gasteiger partial charge in [-0.05, 0) is 31.3 Å². The minimum Gasteiger partial charge on any atom is -0.494 e. The van der Waals surface area contributed by atoms with Crippen molar-refractivity contribution in [3.63, 3.8) is 0 Å². The Balaban J connectivity index is 1.81. The lowest BCUT2D eigenvalue weighted by Gasteiger charge is -2.26. The van der Waals surface area contributed by atoms with Gasteiger partial charge in [0.1, 0.15) is 5.56 Å². The molecule has 3 rings (SSSR count). The molecule has 1 saturated heterocycles.